The first-order chi connectivity index (χ1) is 17.8. The maximum absolute atomic E-state index is 13.4. The zero-order valence-corrected chi connectivity index (χ0v) is 21.5. The lowest BCUT2D eigenvalue weighted by molar-refractivity contribution is -0.143. The molecule has 2 aromatic carbocycles. The molecule has 0 aliphatic heterocycles. The van der Waals surface area contributed by atoms with Crippen molar-refractivity contribution in [3.63, 3.8) is 0 Å². The predicted octanol–water partition coefficient (Wildman–Crippen LogP) is 7.18. The van der Waals surface area contributed by atoms with Crippen LogP contribution in [0.25, 0.3) is 0 Å². The van der Waals surface area contributed by atoms with Crippen LogP contribution in [0.2, 0.25) is 0 Å². The summed E-state index contributed by atoms with van der Waals surface area (Å²) in [5, 5.41) is 1.88. The number of amides is 2. The Labute approximate surface area is 220 Å². The molecule has 3 rings (SSSR count). The van der Waals surface area contributed by atoms with E-state index in [1.807, 2.05) is 48.7 Å². The van der Waals surface area contributed by atoms with Gasteiger partial charge in [0.15, 0.2) is 0 Å². The molecule has 0 atom stereocenters. The molecule has 11 heteroatoms. The van der Waals surface area contributed by atoms with Crippen molar-refractivity contribution >= 4 is 23.2 Å². The lowest BCUT2D eigenvalue weighted by atomic mass is 10.0. The maximum Gasteiger partial charge on any atom is 0.416 e. The van der Waals surface area contributed by atoms with Gasteiger partial charge in [-0.1, -0.05) is 37.3 Å². The molecule has 0 saturated carbocycles. The van der Waals surface area contributed by atoms with Gasteiger partial charge in [-0.15, -0.1) is 11.3 Å². The summed E-state index contributed by atoms with van der Waals surface area (Å²) in [6, 6.07) is 11.8. The van der Waals surface area contributed by atoms with Gasteiger partial charge in [-0.05, 0) is 54.1 Å². The Bertz CT molecular complexity index is 1220. The predicted molar refractivity (Wildman–Crippen MR) is 132 cm³/mol. The first-order valence-electron chi connectivity index (χ1n) is 11.7. The number of thiophene rings is 1. The van der Waals surface area contributed by atoms with Crippen molar-refractivity contribution < 1.29 is 35.9 Å². The standard InChI is InChI=1S/C27H26F6N2O2S/c1-3-10-34(25(37)20-12-21(26(28,29)30)14-22(13-20)27(31,32)33)17-24(36)35(15-19-7-5-4-6-8-19)16-23-18(2)9-11-38-23/h4-9,11-14H,3,10,15-17H2,1-2H3. The SMILES string of the molecule is CCCN(CC(=O)N(Cc1ccccc1)Cc1sccc1C)C(=O)c1cc(C(F)(F)F)cc(C(F)(F)F)c1. The van der Waals surface area contributed by atoms with E-state index >= 15 is 0 Å². The number of benzene rings is 2. The number of nitrogens with zero attached hydrogens (tertiary/aromatic N) is 2. The molecule has 4 nitrogen and oxygen atoms in total. The number of alkyl halides is 6. The van der Waals surface area contributed by atoms with Crippen molar-refractivity contribution in [2.24, 2.45) is 0 Å². The highest BCUT2D eigenvalue weighted by Gasteiger charge is 2.38. The summed E-state index contributed by atoms with van der Waals surface area (Å²) in [5.41, 5.74) is -2.14. The minimum Gasteiger partial charge on any atom is -0.332 e. The van der Waals surface area contributed by atoms with Crippen LogP contribution in [-0.4, -0.2) is 34.7 Å². The zero-order chi connectivity index (χ0) is 28.1. The first kappa shape index (κ1) is 29.2. The highest BCUT2D eigenvalue weighted by molar-refractivity contribution is 7.10. The van der Waals surface area contributed by atoms with E-state index in [4.69, 9.17) is 0 Å². The van der Waals surface area contributed by atoms with Crippen molar-refractivity contribution in [3.05, 3.63) is 92.7 Å². The number of carbonyl (C=O) groups is 2. The van der Waals surface area contributed by atoms with E-state index in [2.05, 4.69) is 0 Å². The van der Waals surface area contributed by atoms with Crippen LogP contribution < -0.4 is 0 Å². The second-order valence-corrected chi connectivity index (χ2v) is 9.78. The summed E-state index contributed by atoms with van der Waals surface area (Å²) in [4.78, 5) is 30.1. The van der Waals surface area contributed by atoms with Crippen LogP contribution in [0.3, 0.4) is 0 Å². The van der Waals surface area contributed by atoms with Crippen LogP contribution in [0.4, 0.5) is 26.3 Å². The molecule has 0 aliphatic rings. The van der Waals surface area contributed by atoms with Crippen molar-refractivity contribution in [2.45, 2.75) is 45.7 Å². The normalized spacial score (nSPS) is 11.9. The fourth-order valence-electron chi connectivity index (χ4n) is 3.82. The molecule has 0 N–H and O–H groups in total. The number of hydrogen-bond donors (Lipinski definition) is 0. The summed E-state index contributed by atoms with van der Waals surface area (Å²) in [7, 11) is 0. The summed E-state index contributed by atoms with van der Waals surface area (Å²) < 4.78 is 80.0. The van der Waals surface area contributed by atoms with Crippen LogP contribution >= 0.6 is 11.3 Å². The van der Waals surface area contributed by atoms with E-state index in [0.717, 1.165) is 20.9 Å². The van der Waals surface area contributed by atoms with Crippen LogP contribution in [-0.2, 0) is 30.2 Å². The zero-order valence-electron chi connectivity index (χ0n) is 20.7. The molecule has 2 amide bonds. The van der Waals surface area contributed by atoms with E-state index in [-0.39, 0.29) is 25.7 Å². The molecule has 0 aliphatic carbocycles. The fraction of sp³-hybridized carbons (Fsp3) is 0.333. The number of aryl methyl sites for hydroxylation is 1. The molecule has 204 valence electrons. The van der Waals surface area contributed by atoms with E-state index < -0.39 is 47.4 Å². The highest BCUT2D eigenvalue weighted by atomic mass is 32.1. The topological polar surface area (TPSA) is 40.6 Å². The number of hydrogen-bond acceptors (Lipinski definition) is 3. The molecule has 0 radical (unpaired) electrons. The second kappa shape index (κ2) is 12.0. The average Bonchev–Trinajstić information content (AvgIpc) is 3.26. The Morgan fingerprint density at radius 3 is 1.95 bits per heavy atom. The molecule has 0 bridgehead atoms. The molecule has 0 spiro atoms. The number of carbonyl (C=O) groups excluding carboxylic acids is 2. The van der Waals surface area contributed by atoms with E-state index in [0.29, 0.717) is 18.6 Å². The van der Waals surface area contributed by atoms with Crippen molar-refractivity contribution in [2.75, 3.05) is 13.1 Å². The molecule has 1 aromatic heterocycles. The van der Waals surface area contributed by atoms with Gasteiger partial charge < -0.3 is 9.80 Å². The van der Waals surface area contributed by atoms with E-state index in [1.54, 1.807) is 6.92 Å². The van der Waals surface area contributed by atoms with Crippen LogP contribution in [0.5, 0.6) is 0 Å². The third kappa shape index (κ3) is 7.59. The molecule has 38 heavy (non-hydrogen) atoms. The molecule has 0 saturated heterocycles. The smallest absolute Gasteiger partial charge is 0.332 e. The van der Waals surface area contributed by atoms with Gasteiger partial charge >= 0.3 is 12.4 Å². The van der Waals surface area contributed by atoms with Crippen molar-refractivity contribution in [1.29, 1.82) is 0 Å². The van der Waals surface area contributed by atoms with Gasteiger partial charge in [0.05, 0.1) is 17.7 Å². The van der Waals surface area contributed by atoms with Gasteiger partial charge in [0.25, 0.3) is 5.91 Å². The molecular weight excluding hydrogens is 530 g/mol. The third-order valence-corrected chi connectivity index (χ3v) is 6.82. The molecule has 1 heterocycles. The molecule has 0 unspecified atom stereocenters. The third-order valence-electron chi connectivity index (χ3n) is 5.81. The highest BCUT2D eigenvalue weighted by Crippen LogP contribution is 2.36. The lowest BCUT2D eigenvalue weighted by Crippen LogP contribution is -2.43. The van der Waals surface area contributed by atoms with Crippen LogP contribution in [0.1, 0.15) is 50.8 Å². The van der Waals surface area contributed by atoms with Gasteiger partial charge in [-0.25, -0.2) is 0 Å². The summed E-state index contributed by atoms with van der Waals surface area (Å²) in [5.74, 6) is -1.56. The van der Waals surface area contributed by atoms with Crippen LogP contribution in [0, 0.1) is 6.92 Å². The van der Waals surface area contributed by atoms with Crippen molar-refractivity contribution in [1.82, 2.24) is 9.80 Å². The van der Waals surface area contributed by atoms with E-state index in [1.165, 1.54) is 16.2 Å². The van der Waals surface area contributed by atoms with Gasteiger partial charge in [-0.2, -0.15) is 26.3 Å². The maximum atomic E-state index is 13.4. The largest absolute Gasteiger partial charge is 0.416 e. The number of halogens is 6. The Balaban J connectivity index is 1.92. The Morgan fingerprint density at radius 2 is 1.45 bits per heavy atom. The Kier molecular flexibility index (Phi) is 9.24. The summed E-state index contributed by atoms with van der Waals surface area (Å²) >= 11 is 1.46. The summed E-state index contributed by atoms with van der Waals surface area (Å²) in [6.45, 7) is 3.52. The van der Waals surface area contributed by atoms with Gasteiger partial charge in [0.2, 0.25) is 5.91 Å². The minimum atomic E-state index is -5.09. The molecule has 3 aromatic rings. The van der Waals surface area contributed by atoms with Gasteiger partial charge in [0.1, 0.15) is 6.54 Å². The number of rotatable bonds is 9. The van der Waals surface area contributed by atoms with Crippen LogP contribution in [0.15, 0.2) is 60.0 Å². The molecule has 0 fully saturated rings. The molecular formula is C27H26F6N2O2S. The Morgan fingerprint density at radius 1 is 0.842 bits per heavy atom. The van der Waals surface area contributed by atoms with Gasteiger partial charge in [-0.3, -0.25) is 9.59 Å². The first-order valence-corrected chi connectivity index (χ1v) is 12.6. The van der Waals surface area contributed by atoms with E-state index in [9.17, 15) is 35.9 Å². The monoisotopic (exact) mass is 556 g/mol. The quantitative estimate of drug-likeness (QED) is 0.262. The minimum absolute atomic E-state index is 0.0284. The summed E-state index contributed by atoms with van der Waals surface area (Å²) in [6.07, 6.45) is -9.84. The Hall–Kier alpha value is -3.34. The van der Waals surface area contributed by atoms with Gasteiger partial charge in [0, 0.05) is 23.5 Å². The average molecular weight is 557 g/mol. The lowest BCUT2D eigenvalue weighted by Gasteiger charge is -2.28. The fourth-order valence-corrected chi connectivity index (χ4v) is 4.74. The second-order valence-electron chi connectivity index (χ2n) is 8.78. The van der Waals surface area contributed by atoms with Crippen molar-refractivity contribution in [3.8, 4) is 0 Å².